The van der Waals surface area contributed by atoms with Gasteiger partial charge in [-0.2, -0.15) is 5.10 Å². The summed E-state index contributed by atoms with van der Waals surface area (Å²) >= 11 is 9.51. The molecule has 8 heteroatoms. The molecule has 0 fully saturated rings. The zero-order valence-electron chi connectivity index (χ0n) is 14.9. The molecule has 5 aromatic rings. The lowest BCUT2D eigenvalue weighted by Crippen LogP contribution is -2.09. The van der Waals surface area contributed by atoms with Crippen LogP contribution in [0, 0.1) is 0 Å². The number of H-pyrrole nitrogens is 1. The van der Waals surface area contributed by atoms with Gasteiger partial charge in [-0.05, 0) is 29.7 Å². The number of thiophene rings is 2. The van der Waals surface area contributed by atoms with Crippen LogP contribution in [-0.4, -0.2) is 19.7 Å². The topological polar surface area (TPSA) is 63.6 Å². The summed E-state index contributed by atoms with van der Waals surface area (Å²) in [6, 6.07) is 13.8. The molecule has 0 unspecified atom stereocenters. The van der Waals surface area contributed by atoms with Gasteiger partial charge in [0.15, 0.2) is 5.82 Å². The molecule has 1 aromatic carbocycles. The lowest BCUT2D eigenvalue weighted by molar-refractivity contribution is 0.880. The van der Waals surface area contributed by atoms with E-state index in [1.54, 1.807) is 28.3 Å². The number of benzene rings is 1. The molecule has 0 radical (unpaired) electrons. The number of nitrogens with zero attached hydrogens (tertiary/aromatic N) is 3. The molecule has 29 heavy (non-hydrogen) atoms. The fourth-order valence-corrected chi connectivity index (χ4v) is 5.00. The Bertz CT molecular complexity index is 1380. The van der Waals surface area contributed by atoms with Crippen molar-refractivity contribution >= 4 is 55.6 Å². The highest BCUT2D eigenvalue weighted by Gasteiger charge is 2.14. The minimum atomic E-state index is -0.193. The third-order valence-corrected chi connectivity index (χ3v) is 6.44. The van der Waals surface area contributed by atoms with Crippen molar-refractivity contribution in [2.75, 3.05) is 0 Å². The molecule has 142 valence electrons. The summed E-state index contributed by atoms with van der Waals surface area (Å²) in [6.45, 7) is 0. The molecule has 0 aliphatic rings. The highest BCUT2D eigenvalue weighted by molar-refractivity contribution is 7.18. The van der Waals surface area contributed by atoms with Gasteiger partial charge >= 0.3 is 0 Å². The number of halogens is 1. The van der Waals surface area contributed by atoms with E-state index in [0.29, 0.717) is 21.1 Å². The molecule has 0 spiro atoms. The summed E-state index contributed by atoms with van der Waals surface area (Å²) in [5.41, 5.74) is 2.48. The first-order chi connectivity index (χ1) is 14.2. The second kappa shape index (κ2) is 7.44. The van der Waals surface area contributed by atoms with Crippen LogP contribution in [0.25, 0.3) is 37.5 Å². The van der Waals surface area contributed by atoms with Crippen LogP contribution in [-0.2, 0) is 0 Å². The minimum Gasteiger partial charge on any atom is -0.305 e. The Labute approximate surface area is 178 Å². The molecular weight excluding hydrogens is 424 g/mol. The van der Waals surface area contributed by atoms with E-state index in [4.69, 9.17) is 11.6 Å². The monoisotopic (exact) mass is 436 g/mol. The van der Waals surface area contributed by atoms with Gasteiger partial charge in [0.05, 0.1) is 22.3 Å². The fourth-order valence-electron chi connectivity index (χ4n) is 3.02. The van der Waals surface area contributed by atoms with Gasteiger partial charge in [-0.3, -0.25) is 4.79 Å². The van der Waals surface area contributed by atoms with Crippen molar-refractivity contribution in [2.45, 2.75) is 0 Å². The predicted molar refractivity (Wildman–Crippen MR) is 121 cm³/mol. The van der Waals surface area contributed by atoms with E-state index in [-0.39, 0.29) is 5.56 Å². The molecule has 5 rings (SSSR count). The van der Waals surface area contributed by atoms with E-state index >= 15 is 0 Å². The largest absolute Gasteiger partial charge is 0.305 e. The molecule has 0 aliphatic carbocycles. The Balaban J connectivity index is 1.51. The summed E-state index contributed by atoms with van der Waals surface area (Å²) in [5.74, 6) is 0.344. The van der Waals surface area contributed by atoms with Crippen molar-refractivity contribution in [1.82, 2.24) is 19.7 Å². The Morgan fingerprint density at radius 2 is 2.00 bits per heavy atom. The fraction of sp³-hybridized carbons (Fsp3) is 0. The van der Waals surface area contributed by atoms with Crippen molar-refractivity contribution in [3.63, 3.8) is 0 Å². The zero-order valence-corrected chi connectivity index (χ0v) is 17.3. The van der Waals surface area contributed by atoms with Gasteiger partial charge in [0, 0.05) is 27.6 Å². The van der Waals surface area contributed by atoms with E-state index < -0.39 is 0 Å². The number of hydrogen-bond acceptors (Lipinski definition) is 5. The molecule has 4 heterocycles. The summed E-state index contributed by atoms with van der Waals surface area (Å²) in [5, 5.41) is 9.26. The molecule has 0 amide bonds. The first-order valence-electron chi connectivity index (χ1n) is 8.72. The third-order valence-electron chi connectivity index (χ3n) is 4.37. The maximum atomic E-state index is 12.7. The van der Waals surface area contributed by atoms with E-state index in [0.717, 1.165) is 21.7 Å². The number of fused-ring (bicyclic) bond motifs is 1. The smallest absolute Gasteiger partial charge is 0.260 e. The molecule has 4 aromatic heterocycles. The first-order valence-corrected chi connectivity index (χ1v) is 10.9. The molecule has 0 saturated carbocycles. The summed E-state index contributed by atoms with van der Waals surface area (Å²) in [7, 11) is 0. The van der Waals surface area contributed by atoms with E-state index in [2.05, 4.69) is 15.1 Å². The average Bonchev–Trinajstić information content (AvgIpc) is 3.49. The van der Waals surface area contributed by atoms with Gasteiger partial charge in [0.25, 0.3) is 5.56 Å². The van der Waals surface area contributed by atoms with E-state index in [1.807, 2.05) is 59.4 Å². The van der Waals surface area contributed by atoms with Crippen LogP contribution < -0.4 is 5.56 Å². The maximum absolute atomic E-state index is 12.7. The highest BCUT2D eigenvalue weighted by atomic mass is 35.5. The van der Waals surface area contributed by atoms with Crippen molar-refractivity contribution in [3.8, 4) is 16.1 Å². The van der Waals surface area contributed by atoms with Gasteiger partial charge in [0.2, 0.25) is 0 Å². The summed E-state index contributed by atoms with van der Waals surface area (Å²) < 4.78 is 1.77. The van der Waals surface area contributed by atoms with Gasteiger partial charge in [0.1, 0.15) is 4.83 Å². The van der Waals surface area contributed by atoms with Crippen molar-refractivity contribution in [3.05, 3.63) is 87.4 Å². The van der Waals surface area contributed by atoms with Crippen LogP contribution >= 0.6 is 34.3 Å². The molecule has 0 aliphatic heterocycles. The average molecular weight is 437 g/mol. The van der Waals surface area contributed by atoms with Gasteiger partial charge in [-0.1, -0.05) is 35.9 Å². The zero-order chi connectivity index (χ0) is 19.8. The van der Waals surface area contributed by atoms with E-state index in [9.17, 15) is 4.79 Å². The molecule has 0 saturated heterocycles. The van der Waals surface area contributed by atoms with Crippen molar-refractivity contribution < 1.29 is 0 Å². The second-order valence-electron chi connectivity index (χ2n) is 6.27. The van der Waals surface area contributed by atoms with Gasteiger partial charge < -0.3 is 4.98 Å². The number of hydrogen-bond donors (Lipinski definition) is 1. The maximum Gasteiger partial charge on any atom is 0.260 e. The third kappa shape index (κ3) is 3.44. The predicted octanol–water partition coefficient (Wildman–Crippen LogP) is 5.64. The van der Waals surface area contributed by atoms with E-state index in [1.165, 1.54) is 11.3 Å². The number of para-hydroxylation sites is 1. The summed E-state index contributed by atoms with van der Waals surface area (Å²) in [4.78, 5) is 21.8. The van der Waals surface area contributed by atoms with Crippen molar-refractivity contribution in [2.24, 2.45) is 0 Å². The van der Waals surface area contributed by atoms with Crippen molar-refractivity contribution in [1.29, 1.82) is 0 Å². The van der Waals surface area contributed by atoms with Crippen LogP contribution in [0.5, 0.6) is 0 Å². The number of nitrogens with one attached hydrogen (secondary N) is 1. The van der Waals surface area contributed by atoms with Crippen LogP contribution in [0.4, 0.5) is 0 Å². The van der Waals surface area contributed by atoms with Gasteiger partial charge in [-0.25, -0.2) is 9.67 Å². The Morgan fingerprint density at radius 1 is 1.14 bits per heavy atom. The van der Waals surface area contributed by atoms with Gasteiger partial charge in [-0.15, -0.1) is 22.7 Å². The number of aromatic amines is 1. The van der Waals surface area contributed by atoms with Crippen LogP contribution in [0.15, 0.2) is 70.4 Å². The quantitative estimate of drug-likeness (QED) is 0.396. The lowest BCUT2D eigenvalue weighted by atomic mass is 10.2. The molecule has 0 bridgehead atoms. The normalized spacial score (nSPS) is 12.0. The Hall–Kier alpha value is -3.00. The number of aromatic nitrogens is 4. The second-order valence-corrected chi connectivity index (χ2v) is 8.48. The molecule has 5 nitrogen and oxygen atoms in total. The summed E-state index contributed by atoms with van der Waals surface area (Å²) in [6.07, 6.45) is 5.33. The highest BCUT2D eigenvalue weighted by Crippen LogP contribution is 2.34. The standard InChI is InChI=1S/C21H13ClN4OS2/c22-16(9-13-10-23-26(11-13)14-5-2-1-3-6-14)19-24-20(27)18-15(12-29-21(18)25-19)17-7-4-8-28-17/h1-12H,(H,24,25,27)/b16-9-. The van der Waals surface area contributed by atoms with Crippen LogP contribution in [0.3, 0.4) is 0 Å². The lowest BCUT2D eigenvalue weighted by Gasteiger charge is -2.00. The first kappa shape index (κ1) is 18.1. The van der Waals surface area contributed by atoms with Crippen LogP contribution in [0.2, 0.25) is 0 Å². The number of rotatable bonds is 4. The Kier molecular flexibility index (Phi) is 4.63. The SMILES string of the molecule is O=c1[nH]c(/C(Cl)=C/c2cnn(-c3ccccc3)c2)nc2scc(-c3cccs3)c12. The molecular formula is C21H13ClN4OS2. The molecule has 1 N–H and O–H groups in total. The minimum absolute atomic E-state index is 0.193. The molecule has 0 atom stereocenters. The Morgan fingerprint density at radius 3 is 2.79 bits per heavy atom. The van der Waals surface area contributed by atoms with Crippen LogP contribution in [0.1, 0.15) is 11.4 Å².